The second-order valence-corrected chi connectivity index (χ2v) is 10.1. The number of rotatable bonds is 1. The quantitative estimate of drug-likeness (QED) is 0.218. The number of hydrogen-bond acceptors (Lipinski definition) is 1. The van der Waals surface area contributed by atoms with Crippen LogP contribution in [-0.2, 0) is 5.41 Å². The summed E-state index contributed by atoms with van der Waals surface area (Å²) in [7, 11) is 0. The third-order valence-electron chi connectivity index (χ3n) is 7.68. The minimum atomic E-state index is -0.407. The zero-order chi connectivity index (χ0) is 23.1. The van der Waals surface area contributed by atoms with Crippen molar-refractivity contribution >= 4 is 27.0 Å². The predicted molar refractivity (Wildman–Crippen MR) is 145 cm³/mol. The van der Waals surface area contributed by atoms with Gasteiger partial charge in [-0.3, -0.25) is 4.57 Å². The average Bonchev–Trinajstić information content (AvgIpc) is 3.44. The fraction of sp³-hybridized carbons (Fsp3) is 0.0312. The number of fused-ring (bicyclic) bond motifs is 9. The van der Waals surface area contributed by atoms with Gasteiger partial charge in [0, 0.05) is 15.6 Å². The van der Waals surface area contributed by atoms with Crippen LogP contribution in [0.4, 0.5) is 0 Å². The van der Waals surface area contributed by atoms with Gasteiger partial charge in [-0.15, -0.1) is 0 Å². The number of imidazole rings is 1. The number of benzene rings is 5. The second-order valence-electron chi connectivity index (χ2n) is 9.29. The molecule has 0 amide bonds. The largest absolute Gasteiger partial charge is 0.292 e. The first-order valence-electron chi connectivity index (χ1n) is 11.9. The first kappa shape index (κ1) is 19.4. The van der Waals surface area contributed by atoms with E-state index in [2.05, 4.69) is 136 Å². The van der Waals surface area contributed by atoms with Crippen LogP contribution in [0.25, 0.3) is 39.2 Å². The van der Waals surface area contributed by atoms with Gasteiger partial charge in [0.1, 0.15) is 5.82 Å². The van der Waals surface area contributed by atoms with E-state index in [-0.39, 0.29) is 0 Å². The van der Waals surface area contributed by atoms with Crippen LogP contribution >= 0.6 is 15.9 Å². The number of para-hydroxylation sites is 2. The predicted octanol–water partition coefficient (Wildman–Crippen LogP) is 8.13. The van der Waals surface area contributed by atoms with Crippen LogP contribution in [0.5, 0.6) is 0 Å². The molecule has 3 heteroatoms. The van der Waals surface area contributed by atoms with E-state index in [9.17, 15) is 0 Å². The smallest absolute Gasteiger partial charge is 0.145 e. The fourth-order valence-electron chi connectivity index (χ4n) is 6.44. The van der Waals surface area contributed by atoms with Gasteiger partial charge in [-0.2, -0.15) is 0 Å². The molecular formula is C32H19BrN2. The second kappa shape index (κ2) is 6.80. The molecule has 1 aliphatic heterocycles. The van der Waals surface area contributed by atoms with E-state index in [1.54, 1.807) is 0 Å². The van der Waals surface area contributed by atoms with Gasteiger partial charge in [-0.25, -0.2) is 4.98 Å². The zero-order valence-electron chi connectivity index (χ0n) is 18.7. The van der Waals surface area contributed by atoms with Crippen molar-refractivity contribution in [1.29, 1.82) is 0 Å². The Hall–Kier alpha value is -3.95. The van der Waals surface area contributed by atoms with Gasteiger partial charge in [0.25, 0.3) is 0 Å². The van der Waals surface area contributed by atoms with E-state index in [1.807, 2.05) is 0 Å². The first-order chi connectivity index (χ1) is 17.3. The Morgan fingerprint density at radius 2 is 1.29 bits per heavy atom. The molecule has 164 valence electrons. The maximum absolute atomic E-state index is 5.19. The normalized spacial score (nSPS) is 16.8. The minimum Gasteiger partial charge on any atom is -0.292 e. The lowest BCUT2D eigenvalue weighted by Crippen LogP contribution is -2.33. The third kappa shape index (κ3) is 2.27. The molecule has 5 aromatic carbocycles. The summed E-state index contributed by atoms with van der Waals surface area (Å²) in [6.45, 7) is 0. The van der Waals surface area contributed by atoms with Gasteiger partial charge in [-0.05, 0) is 46.0 Å². The molecule has 0 saturated carbocycles. The lowest BCUT2D eigenvalue weighted by atomic mass is 9.65. The Bertz CT molecular complexity index is 1820. The highest BCUT2D eigenvalue weighted by Gasteiger charge is 2.51. The topological polar surface area (TPSA) is 17.8 Å². The highest BCUT2D eigenvalue weighted by molar-refractivity contribution is 9.10. The van der Waals surface area contributed by atoms with Crippen LogP contribution in [0, 0.1) is 0 Å². The molecule has 2 nitrogen and oxygen atoms in total. The van der Waals surface area contributed by atoms with Crippen molar-refractivity contribution < 1.29 is 0 Å². The summed E-state index contributed by atoms with van der Waals surface area (Å²) in [6.07, 6.45) is 0. The monoisotopic (exact) mass is 510 g/mol. The van der Waals surface area contributed by atoms with E-state index >= 15 is 0 Å². The standard InChI is InChI=1S/C32H19BrN2/c33-26-17-8-15-24-29(26)21-12-4-5-13-22(21)32(24)23-14-6-7-19-28(23)35-30-25(32)16-9-18-27(30)34-31(35)20-10-2-1-3-11-20/h1-19H. The van der Waals surface area contributed by atoms with Gasteiger partial charge in [-0.1, -0.05) is 113 Å². The molecular weight excluding hydrogens is 492 g/mol. The summed E-state index contributed by atoms with van der Waals surface area (Å²) in [4.78, 5) is 5.19. The van der Waals surface area contributed by atoms with Crippen molar-refractivity contribution in [2.75, 3.05) is 0 Å². The molecule has 8 rings (SSSR count). The maximum atomic E-state index is 5.19. The molecule has 0 saturated heterocycles. The van der Waals surface area contributed by atoms with Crippen molar-refractivity contribution in [3.63, 3.8) is 0 Å². The molecule has 0 N–H and O–H groups in total. The Labute approximate surface area is 211 Å². The van der Waals surface area contributed by atoms with Gasteiger partial charge in [0.2, 0.25) is 0 Å². The SMILES string of the molecule is Brc1cccc2c1-c1ccccc1C21c2ccccc2-n2c(-c3ccccc3)nc3cccc1c32. The summed E-state index contributed by atoms with van der Waals surface area (Å²) in [5, 5.41) is 0. The minimum absolute atomic E-state index is 0.407. The van der Waals surface area contributed by atoms with Crippen molar-refractivity contribution in [2.24, 2.45) is 0 Å². The fourth-order valence-corrected chi connectivity index (χ4v) is 7.02. The van der Waals surface area contributed by atoms with E-state index in [0.29, 0.717) is 0 Å². The molecule has 0 radical (unpaired) electrons. The number of aromatic nitrogens is 2. The van der Waals surface area contributed by atoms with Gasteiger partial charge >= 0.3 is 0 Å². The van der Waals surface area contributed by atoms with E-state index in [0.717, 1.165) is 21.4 Å². The Morgan fingerprint density at radius 3 is 2.17 bits per heavy atom. The van der Waals surface area contributed by atoms with Crippen molar-refractivity contribution in [2.45, 2.75) is 5.41 Å². The van der Waals surface area contributed by atoms with Gasteiger partial charge < -0.3 is 0 Å². The maximum Gasteiger partial charge on any atom is 0.145 e. The Morgan fingerprint density at radius 1 is 0.600 bits per heavy atom. The molecule has 2 heterocycles. The molecule has 6 aromatic rings. The highest BCUT2D eigenvalue weighted by Crippen LogP contribution is 2.61. The molecule has 0 fully saturated rings. The molecule has 1 atom stereocenters. The van der Waals surface area contributed by atoms with Crippen LogP contribution in [-0.4, -0.2) is 9.55 Å². The van der Waals surface area contributed by atoms with Crippen molar-refractivity contribution in [3.8, 4) is 28.2 Å². The van der Waals surface area contributed by atoms with Crippen LogP contribution in [0.3, 0.4) is 0 Å². The van der Waals surface area contributed by atoms with Crippen LogP contribution in [0.2, 0.25) is 0 Å². The third-order valence-corrected chi connectivity index (χ3v) is 8.34. The summed E-state index contributed by atoms with van der Waals surface area (Å²) in [6, 6.07) is 41.5. The number of halogens is 1. The van der Waals surface area contributed by atoms with E-state index < -0.39 is 5.41 Å². The lowest BCUT2D eigenvalue weighted by Gasteiger charge is -2.39. The van der Waals surface area contributed by atoms with Crippen LogP contribution < -0.4 is 0 Å². The molecule has 1 aliphatic carbocycles. The van der Waals surface area contributed by atoms with Crippen LogP contribution in [0.1, 0.15) is 22.3 Å². The average molecular weight is 511 g/mol. The highest BCUT2D eigenvalue weighted by atomic mass is 79.9. The Balaban J connectivity index is 1.62. The zero-order valence-corrected chi connectivity index (χ0v) is 20.3. The molecule has 2 aliphatic rings. The summed E-state index contributed by atoms with van der Waals surface area (Å²) in [5.41, 5.74) is 11.9. The molecule has 1 unspecified atom stereocenters. The van der Waals surface area contributed by atoms with Crippen LogP contribution in [0.15, 0.2) is 120 Å². The van der Waals surface area contributed by atoms with E-state index in [1.165, 1.54) is 44.6 Å². The first-order valence-corrected chi connectivity index (χ1v) is 12.7. The van der Waals surface area contributed by atoms with E-state index in [4.69, 9.17) is 4.98 Å². The van der Waals surface area contributed by atoms with Crippen molar-refractivity contribution in [3.05, 3.63) is 142 Å². The molecule has 0 bridgehead atoms. The number of nitrogens with zero attached hydrogens (tertiary/aromatic N) is 2. The van der Waals surface area contributed by atoms with Gasteiger partial charge in [0.15, 0.2) is 0 Å². The summed E-state index contributed by atoms with van der Waals surface area (Å²) in [5.74, 6) is 0.982. The number of hydrogen-bond donors (Lipinski definition) is 0. The lowest BCUT2D eigenvalue weighted by molar-refractivity contribution is 0.745. The molecule has 1 spiro atoms. The summed E-state index contributed by atoms with van der Waals surface area (Å²) >= 11 is 3.89. The van der Waals surface area contributed by atoms with Gasteiger partial charge in [0.05, 0.1) is 22.1 Å². The molecule has 35 heavy (non-hydrogen) atoms. The Kier molecular flexibility index (Phi) is 3.76. The summed E-state index contributed by atoms with van der Waals surface area (Å²) < 4.78 is 3.51. The van der Waals surface area contributed by atoms with Crippen molar-refractivity contribution in [1.82, 2.24) is 9.55 Å². The molecule has 1 aromatic heterocycles.